The van der Waals surface area contributed by atoms with Crippen LogP contribution in [-0.4, -0.2) is 33.3 Å². The molecule has 0 atom stereocenters. The van der Waals surface area contributed by atoms with Gasteiger partial charge in [-0.1, -0.05) is 30.3 Å². The van der Waals surface area contributed by atoms with Crippen molar-refractivity contribution < 1.29 is 8.42 Å². The molecule has 1 aliphatic rings. The smallest absolute Gasteiger partial charge is 0.181 e. The Morgan fingerprint density at radius 2 is 1.77 bits per heavy atom. The second kappa shape index (κ2) is 7.94. The summed E-state index contributed by atoms with van der Waals surface area (Å²) < 4.78 is 29.2. The van der Waals surface area contributed by atoms with E-state index in [9.17, 15) is 8.42 Å². The minimum absolute atomic E-state index is 0.0406. The zero-order valence-electron chi connectivity index (χ0n) is 17.2. The topological polar surface area (TPSA) is 95.3 Å². The molecule has 0 bridgehead atoms. The molecule has 5 rings (SSSR count). The van der Waals surface area contributed by atoms with E-state index in [2.05, 4.69) is 22.3 Å². The molecule has 0 aliphatic heterocycles. The Balaban J connectivity index is 1.26. The van der Waals surface area contributed by atoms with E-state index >= 15 is 0 Å². The third-order valence-electron chi connectivity index (χ3n) is 5.78. The van der Waals surface area contributed by atoms with Crippen LogP contribution in [-0.2, 0) is 29.3 Å². The molecule has 8 heteroatoms. The summed E-state index contributed by atoms with van der Waals surface area (Å²) in [7, 11) is -3.41. The van der Waals surface area contributed by atoms with Gasteiger partial charge in [-0.15, -0.1) is 0 Å². The fraction of sp³-hybridized carbons (Fsp3) is 0.304. The lowest BCUT2D eigenvalue weighted by Crippen LogP contribution is -2.09. The predicted molar refractivity (Wildman–Crippen MR) is 119 cm³/mol. The van der Waals surface area contributed by atoms with Crippen molar-refractivity contribution in [2.45, 2.75) is 43.2 Å². The lowest BCUT2D eigenvalue weighted by atomic mass is 10.1. The number of aromatic nitrogens is 4. The van der Waals surface area contributed by atoms with E-state index in [-0.39, 0.29) is 10.6 Å². The number of rotatable bonds is 8. The first-order valence-corrected chi connectivity index (χ1v) is 12.2. The van der Waals surface area contributed by atoms with Crippen LogP contribution < -0.4 is 5.73 Å². The van der Waals surface area contributed by atoms with Gasteiger partial charge in [0.1, 0.15) is 10.5 Å². The molecule has 2 N–H and O–H groups in total. The second-order valence-electron chi connectivity index (χ2n) is 8.20. The van der Waals surface area contributed by atoms with E-state index in [1.54, 1.807) is 10.9 Å². The van der Waals surface area contributed by atoms with E-state index in [1.807, 2.05) is 40.9 Å². The molecule has 1 aromatic carbocycles. The molecule has 1 saturated carbocycles. The van der Waals surface area contributed by atoms with Gasteiger partial charge in [-0.3, -0.25) is 4.68 Å². The first kappa shape index (κ1) is 20.0. The Labute approximate surface area is 181 Å². The molecular weight excluding hydrogens is 410 g/mol. The molecule has 3 aromatic heterocycles. The number of sulfone groups is 1. The quantitative estimate of drug-likeness (QED) is 0.459. The summed E-state index contributed by atoms with van der Waals surface area (Å²) in [5, 5.41) is 4.26. The standard InChI is InChI=1S/C23H25N5O2S/c24-11-18-3-1-17(2-4-18)9-10-31(29,30)22-12-25-28(16-22)15-21-14-27-13-20(19-5-6-19)7-8-23(27)26-21/h1-4,7-8,12-14,16,19H,5-6,9-11,15,24H2. The van der Waals surface area contributed by atoms with Gasteiger partial charge in [-0.25, -0.2) is 13.4 Å². The van der Waals surface area contributed by atoms with E-state index < -0.39 is 9.84 Å². The number of hydrogen-bond donors (Lipinski definition) is 1. The van der Waals surface area contributed by atoms with Gasteiger partial charge < -0.3 is 10.1 Å². The largest absolute Gasteiger partial charge is 0.326 e. The van der Waals surface area contributed by atoms with Crippen molar-refractivity contribution in [2.24, 2.45) is 5.73 Å². The van der Waals surface area contributed by atoms with Gasteiger partial charge in [-0.2, -0.15) is 5.10 Å². The number of nitrogens with zero attached hydrogens (tertiary/aromatic N) is 4. The van der Waals surface area contributed by atoms with E-state index in [0.29, 0.717) is 25.4 Å². The van der Waals surface area contributed by atoms with Crippen molar-refractivity contribution in [1.82, 2.24) is 19.2 Å². The minimum atomic E-state index is -3.41. The van der Waals surface area contributed by atoms with Crippen LogP contribution in [0.3, 0.4) is 0 Å². The van der Waals surface area contributed by atoms with E-state index in [0.717, 1.165) is 22.5 Å². The minimum Gasteiger partial charge on any atom is -0.326 e. The normalized spacial score (nSPS) is 14.4. The Kier molecular flexibility index (Phi) is 5.11. The third kappa shape index (κ3) is 4.40. The summed E-state index contributed by atoms with van der Waals surface area (Å²) in [5.74, 6) is 0.728. The van der Waals surface area contributed by atoms with Crippen molar-refractivity contribution in [1.29, 1.82) is 0 Å². The van der Waals surface area contributed by atoms with Crippen LogP contribution in [0, 0.1) is 0 Å². The van der Waals surface area contributed by atoms with Gasteiger partial charge in [0.25, 0.3) is 0 Å². The second-order valence-corrected chi connectivity index (χ2v) is 10.3. The van der Waals surface area contributed by atoms with Gasteiger partial charge >= 0.3 is 0 Å². The molecule has 7 nitrogen and oxygen atoms in total. The number of hydrogen-bond acceptors (Lipinski definition) is 5. The zero-order chi connectivity index (χ0) is 21.4. The summed E-state index contributed by atoms with van der Waals surface area (Å²) in [6, 6.07) is 11.9. The van der Waals surface area contributed by atoms with Crippen molar-refractivity contribution >= 4 is 15.5 Å². The summed E-state index contributed by atoms with van der Waals surface area (Å²) in [4.78, 5) is 4.88. The van der Waals surface area contributed by atoms with Gasteiger partial charge in [0, 0.05) is 25.1 Å². The number of pyridine rings is 1. The predicted octanol–water partition coefficient (Wildman–Crippen LogP) is 2.93. The molecule has 0 amide bonds. The SMILES string of the molecule is NCc1ccc(CCS(=O)(=O)c2cnn(Cc3cn4cc(C5CC5)ccc4n3)c2)cc1. The van der Waals surface area contributed by atoms with Crippen LogP contribution in [0.25, 0.3) is 5.65 Å². The average Bonchev–Trinajstić information content (AvgIpc) is 3.38. The van der Waals surface area contributed by atoms with Crippen LogP contribution in [0.5, 0.6) is 0 Å². The summed E-state index contributed by atoms with van der Waals surface area (Å²) in [6.45, 7) is 0.905. The molecule has 3 heterocycles. The Hall–Kier alpha value is -2.97. The number of nitrogens with two attached hydrogens (primary N) is 1. The van der Waals surface area contributed by atoms with Crippen LogP contribution in [0.4, 0.5) is 0 Å². The number of fused-ring (bicyclic) bond motifs is 1. The zero-order valence-corrected chi connectivity index (χ0v) is 18.0. The maximum absolute atomic E-state index is 12.7. The highest BCUT2D eigenvalue weighted by molar-refractivity contribution is 7.91. The fourth-order valence-corrected chi connectivity index (χ4v) is 5.00. The van der Waals surface area contributed by atoms with E-state index in [1.165, 1.54) is 24.6 Å². The molecule has 1 aliphatic carbocycles. The maximum Gasteiger partial charge on any atom is 0.181 e. The van der Waals surface area contributed by atoms with Gasteiger partial charge in [0.15, 0.2) is 9.84 Å². The molecular formula is C23H25N5O2S. The lowest BCUT2D eigenvalue weighted by Gasteiger charge is -2.04. The van der Waals surface area contributed by atoms with Crippen LogP contribution in [0.1, 0.15) is 41.1 Å². The molecule has 31 heavy (non-hydrogen) atoms. The number of imidazole rings is 1. The van der Waals surface area contributed by atoms with Crippen molar-refractivity contribution in [3.05, 3.63) is 83.6 Å². The third-order valence-corrected chi connectivity index (χ3v) is 7.45. The van der Waals surface area contributed by atoms with Crippen LogP contribution in [0.2, 0.25) is 0 Å². The lowest BCUT2D eigenvalue weighted by molar-refractivity contribution is 0.595. The fourth-order valence-electron chi connectivity index (χ4n) is 3.77. The average molecular weight is 436 g/mol. The molecule has 1 fully saturated rings. The first-order chi connectivity index (χ1) is 15.0. The van der Waals surface area contributed by atoms with Crippen LogP contribution in [0.15, 0.2) is 66.1 Å². The molecule has 0 unspecified atom stereocenters. The highest BCUT2D eigenvalue weighted by Gasteiger charge is 2.24. The monoisotopic (exact) mass is 435 g/mol. The van der Waals surface area contributed by atoms with Crippen molar-refractivity contribution in [3.63, 3.8) is 0 Å². The first-order valence-electron chi connectivity index (χ1n) is 10.5. The van der Waals surface area contributed by atoms with Crippen molar-refractivity contribution in [3.8, 4) is 0 Å². The highest BCUT2D eigenvalue weighted by Crippen LogP contribution is 2.39. The van der Waals surface area contributed by atoms with Gasteiger partial charge in [0.2, 0.25) is 0 Å². The number of benzene rings is 1. The Morgan fingerprint density at radius 1 is 1.00 bits per heavy atom. The van der Waals surface area contributed by atoms with Gasteiger partial charge in [0.05, 0.1) is 24.2 Å². The highest BCUT2D eigenvalue weighted by atomic mass is 32.2. The van der Waals surface area contributed by atoms with Crippen molar-refractivity contribution in [2.75, 3.05) is 5.75 Å². The summed E-state index contributed by atoms with van der Waals surface area (Å²) in [6.07, 6.45) is 10.1. The Morgan fingerprint density at radius 3 is 2.52 bits per heavy atom. The molecule has 160 valence electrons. The Bertz CT molecular complexity index is 1320. The molecule has 0 radical (unpaired) electrons. The maximum atomic E-state index is 12.7. The summed E-state index contributed by atoms with van der Waals surface area (Å²) in [5.41, 5.74) is 10.7. The number of aryl methyl sites for hydroxylation is 1. The molecule has 0 saturated heterocycles. The van der Waals surface area contributed by atoms with Crippen LogP contribution >= 0.6 is 0 Å². The van der Waals surface area contributed by atoms with Gasteiger partial charge in [-0.05, 0) is 47.9 Å². The molecule has 0 spiro atoms. The summed E-state index contributed by atoms with van der Waals surface area (Å²) >= 11 is 0. The van der Waals surface area contributed by atoms with E-state index in [4.69, 9.17) is 5.73 Å². The molecule has 4 aromatic rings.